The number of nitrogens with one attached hydrogen (secondary N) is 1. The largest absolute Gasteiger partial charge is 0.487 e. The first-order chi connectivity index (χ1) is 10.7. The molecular formula is C18H22N2O2. The summed E-state index contributed by atoms with van der Waals surface area (Å²) < 4.78 is 5.73. The number of nitrogens with zero attached hydrogens (tertiary/aromatic N) is 1. The van der Waals surface area contributed by atoms with Crippen molar-refractivity contribution in [2.45, 2.75) is 33.4 Å². The maximum atomic E-state index is 11.8. The normalized spacial score (nSPS) is 11.7. The van der Waals surface area contributed by atoms with Crippen LogP contribution in [0.1, 0.15) is 31.5 Å². The molecule has 2 rings (SSSR count). The van der Waals surface area contributed by atoms with E-state index in [1.54, 1.807) is 6.20 Å². The average molecular weight is 298 g/mol. The van der Waals surface area contributed by atoms with E-state index in [9.17, 15) is 4.79 Å². The second-order valence-electron chi connectivity index (χ2n) is 5.28. The van der Waals surface area contributed by atoms with Crippen LogP contribution in [0.25, 0.3) is 0 Å². The van der Waals surface area contributed by atoms with Gasteiger partial charge in [0.2, 0.25) is 5.91 Å². The zero-order chi connectivity index (χ0) is 15.8. The Bertz CT molecular complexity index is 599. The van der Waals surface area contributed by atoms with Crippen LogP contribution in [0.15, 0.2) is 48.7 Å². The molecule has 2 aromatic rings. The molecule has 0 bridgehead atoms. The van der Waals surface area contributed by atoms with Gasteiger partial charge in [0.25, 0.3) is 0 Å². The third-order valence-electron chi connectivity index (χ3n) is 3.54. The van der Waals surface area contributed by atoms with E-state index in [0.717, 1.165) is 23.4 Å². The molecule has 0 aliphatic carbocycles. The maximum absolute atomic E-state index is 11.8. The summed E-state index contributed by atoms with van der Waals surface area (Å²) in [6.07, 6.45) is 2.60. The van der Waals surface area contributed by atoms with E-state index in [0.29, 0.717) is 13.2 Å². The van der Waals surface area contributed by atoms with Crippen LogP contribution in [-0.2, 0) is 17.9 Å². The Kier molecular flexibility index (Phi) is 5.95. The number of amides is 1. The van der Waals surface area contributed by atoms with Gasteiger partial charge in [-0.15, -0.1) is 0 Å². The lowest BCUT2D eigenvalue weighted by Crippen LogP contribution is -2.28. The van der Waals surface area contributed by atoms with E-state index in [4.69, 9.17) is 4.74 Å². The smallest absolute Gasteiger partial charge is 0.223 e. The van der Waals surface area contributed by atoms with Gasteiger partial charge in [0.15, 0.2) is 0 Å². The summed E-state index contributed by atoms with van der Waals surface area (Å²) in [5.41, 5.74) is 1.91. The van der Waals surface area contributed by atoms with Crippen LogP contribution in [-0.4, -0.2) is 10.9 Å². The summed E-state index contributed by atoms with van der Waals surface area (Å²) >= 11 is 0. The second-order valence-corrected chi connectivity index (χ2v) is 5.28. The van der Waals surface area contributed by atoms with Crippen molar-refractivity contribution < 1.29 is 9.53 Å². The maximum Gasteiger partial charge on any atom is 0.223 e. The summed E-state index contributed by atoms with van der Waals surface area (Å²) in [6.45, 7) is 4.89. The Morgan fingerprint density at radius 3 is 2.86 bits per heavy atom. The van der Waals surface area contributed by atoms with Crippen molar-refractivity contribution in [2.24, 2.45) is 5.92 Å². The van der Waals surface area contributed by atoms with Crippen molar-refractivity contribution in [3.05, 3.63) is 59.9 Å². The van der Waals surface area contributed by atoms with Gasteiger partial charge >= 0.3 is 0 Å². The molecule has 0 saturated carbocycles. The fraction of sp³-hybridized carbons (Fsp3) is 0.333. The molecular weight excluding hydrogens is 276 g/mol. The summed E-state index contributed by atoms with van der Waals surface area (Å²) in [6, 6.07) is 13.5. The molecule has 1 atom stereocenters. The number of benzene rings is 1. The second kappa shape index (κ2) is 8.17. The predicted octanol–water partition coefficient (Wildman–Crippen LogP) is 3.32. The first-order valence-corrected chi connectivity index (χ1v) is 7.58. The molecule has 1 amide bonds. The van der Waals surface area contributed by atoms with Crippen LogP contribution in [0.4, 0.5) is 0 Å². The van der Waals surface area contributed by atoms with Gasteiger partial charge in [0, 0.05) is 18.7 Å². The van der Waals surface area contributed by atoms with Gasteiger partial charge in [0.1, 0.15) is 12.4 Å². The Balaban J connectivity index is 1.88. The quantitative estimate of drug-likeness (QED) is 0.853. The minimum absolute atomic E-state index is 0.0450. The molecule has 1 heterocycles. The van der Waals surface area contributed by atoms with Crippen molar-refractivity contribution in [1.29, 1.82) is 0 Å². The Hall–Kier alpha value is -2.36. The highest BCUT2D eigenvalue weighted by atomic mass is 16.5. The van der Waals surface area contributed by atoms with Gasteiger partial charge in [0.05, 0.1) is 5.69 Å². The van der Waals surface area contributed by atoms with Crippen molar-refractivity contribution in [1.82, 2.24) is 10.3 Å². The number of hydrogen-bond acceptors (Lipinski definition) is 3. The van der Waals surface area contributed by atoms with Gasteiger partial charge in [-0.05, 0) is 36.2 Å². The lowest BCUT2D eigenvalue weighted by Gasteiger charge is -2.11. The van der Waals surface area contributed by atoms with Gasteiger partial charge in [-0.3, -0.25) is 9.78 Å². The number of carbonyl (C=O) groups excluding carboxylic acids is 1. The average Bonchev–Trinajstić information content (AvgIpc) is 2.58. The monoisotopic (exact) mass is 298 g/mol. The number of ether oxygens (including phenoxy) is 1. The molecule has 0 spiro atoms. The minimum Gasteiger partial charge on any atom is -0.487 e. The van der Waals surface area contributed by atoms with Crippen LogP contribution in [0.2, 0.25) is 0 Å². The summed E-state index contributed by atoms with van der Waals surface area (Å²) in [4.78, 5) is 16.0. The molecule has 0 saturated heterocycles. The third kappa shape index (κ3) is 4.88. The SMILES string of the molecule is CC[C@H](C)C(=O)NCc1cccc(OCc2ccccn2)c1. The van der Waals surface area contributed by atoms with Crippen molar-refractivity contribution in [3.63, 3.8) is 0 Å². The van der Waals surface area contributed by atoms with Gasteiger partial charge in [-0.25, -0.2) is 0 Å². The molecule has 22 heavy (non-hydrogen) atoms. The lowest BCUT2D eigenvalue weighted by molar-refractivity contribution is -0.124. The van der Waals surface area contributed by atoms with E-state index in [-0.39, 0.29) is 11.8 Å². The van der Waals surface area contributed by atoms with Gasteiger partial charge in [-0.1, -0.05) is 32.0 Å². The number of hydrogen-bond donors (Lipinski definition) is 1. The summed E-state index contributed by atoms with van der Waals surface area (Å²) in [5, 5.41) is 2.94. The molecule has 0 unspecified atom stereocenters. The fourth-order valence-corrected chi connectivity index (χ4v) is 1.93. The summed E-state index contributed by atoms with van der Waals surface area (Å²) in [5.74, 6) is 0.909. The van der Waals surface area contributed by atoms with Crippen LogP contribution in [0.3, 0.4) is 0 Å². The molecule has 4 heteroatoms. The topological polar surface area (TPSA) is 51.2 Å². The van der Waals surface area contributed by atoms with Crippen LogP contribution in [0, 0.1) is 5.92 Å². The fourth-order valence-electron chi connectivity index (χ4n) is 1.93. The first kappa shape index (κ1) is 16.0. The van der Waals surface area contributed by atoms with Crippen LogP contribution < -0.4 is 10.1 Å². The van der Waals surface area contributed by atoms with Crippen molar-refractivity contribution >= 4 is 5.91 Å². The number of aromatic nitrogens is 1. The minimum atomic E-state index is 0.0450. The number of pyridine rings is 1. The van der Waals surface area contributed by atoms with E-state index in [1.807, 2.05) is 56.3 Å². The molecule has 4 nitrogen and oxygen atoms in total. The highest BCUT2D eigenvalue weighted by Gasteiger charge is 2.09. The van der Waals surface area contributed by atoms with E-state index in [1.165, 1.54) is 0 Å². The highest BCUT2D eigenvalue weighted by Crippen LogP contribution is 2.15. The van der Waals surface area contributed by atoms with Gasteiger partial charge in [-0.2, -0.15) is 0 Å². The Labute approximate surface area is 131 Å². The van der Waals surface area contributed by atoms with Crippen molar-refractivity contribution in [3.8, 4) is 5.75 Å². The molecule has 0 aliphatic heterocycles. The molecule has 1 aromatic carbocycles. The standard InChI is InChI=1S/C18H22N2O2/c1-3-14(2)18(21)20-12-15-7-6-9-17(11-15)22-13-16-8-4-5-10-19-16/h4-11,14H,3,12-13H2,1-2H3,(H,20,21)/t14-/m0/s1. The van der Waals surface area contributed by atoms with Crippen LogP contribution >= 0.6 is 0 Å². The third-order valence-corrected chi connectivity index (χ3v) is 3.54. The molecule has 1 aromatic heterocycles. The van der Waals surface area contributed by atoms with Crippen molar-refractivity contribution in [2.75, 3.05) is 0 Å². The summed E-state index contributed by atoms with van der Waals surface area (Å²) in [7, 11) is 0. The molecule has 116 valence electrons. The molecule has 0 aliphatic rings. The zero-order valence-corrected chi connectivity index (χ0v) is 13.1. The Morgan fingerprint density at radius 2 is 2.14 bits per heavy atom. The predicted molar refractivity (Wildman–Crippen MR) is 86.3 cm³/mol. The molecule has 0 radical (unpaired) electrons. The van der Waals surface area contributed by atoms with E-state index >= 15 is 0 Å². The zero-order valence-electron chi connectivity index (χ0n) is 13.1. The highest BCUT2D eigenvalue weighted by molar-refractivity contribution is 5.78. The molecule has 1 N–H and O–H groups in total. The van der Waals surface area contributed by atoms with E-state index in [2.05, 4.69) is 10.3 Å². The number of carbonyl (C=O) groups is 1. The lowest BCUT2D eigenvalue weighted by atomic mass is 10.1. The van der Waals surface area contributed by atoms with Gasteiger partial charge < -0.3 is 10.1 Å². The molecule has 0 fully saturated rings. The van der Waals surface area contributed by atoms with E-state index < -0.39 is 0 Å². The number of rotatable bonds is 7. The van der Waals surface area contributed by atoms with Crippen LogP contribution in [0.5, 0.6) is 5.75 Å². The first-order valence-electron chi connectivity index (χ1n) is 7.58. The Morgan fingerprint density at radius 1 is 1.27 bits per heavy atom.